The molecule has 1 heterocycles. The summed E-state index contributed by atoms with van der Waals surface area (Å²) >= 11 is 0. The lowest BCUT2D eigenvalue weighted by Crippen LogP contribution is -2.56. The molecule has 4 aromatic rings. The lowest BCUT2D eigenvalue weighted by molar-refractivity contribution is 0.0949. The molecule has 0 bridgehead atoms. The van der Waals surface area contributed by atoms with Gasteiger partial charge in [0, 0.05) is 22.2 Å². The Balaban J connectivity index is 1.64. The predicted molar refractivity (Wildman–Crippen MR) is 143 cm³/mol. The first-order valence-corrected chi connectivity index (χ1v) is 12.1. The van der Waals surface area contributed by atoms with Crippen LogP contribution in [0.4, 0.5) is 5.69 Å². The van der Waals surface area contributed by atoms with E-state index in [9.17, 15) is 4.79 Å². The zero-order valence-electron chi connectivity index (χ0n) is 20.8. The van der Waals surface area contributed by atoms with E-state index in [1.165, 1.54) is 5.56 Å². The van der Waals surface area contributed by atoms with Gasteiger partial charge >= 0.3 is 0 Å². The van der Waals surface area contributed by atoms with Crippen molar-refractivity contribution >= 4 is 11.6 Å². The second-order valence-corrected chi connectivity index (χ2v) is 10.1. The number of carbonyl (C=O) groups is 1. The van der Waals surface area contributed by atoms with Gasteiger partial charge in [-0.2, -0.15) is 0 Å². The summed E-state index contributed by atoms with van der Waals surface area (Å²) in [4.78, 5) is 16.3. The highest BCUT2D eigenvalue weighted by molar-refractivity contribution is 6.11. The van der Waals surface area contributed by atoms with Gasteiger partial charge in [-0.05, 0) is 66.8 Å². The smallest absolute Gasteiger partial charge is 0.259 e. The van der Waals surface area contributed by atoms with Crippen molar-refractivity contribution < 1.29 is 9.53 Å². The number of hydrogen-bond acceptors (Lipinski definition) is 2. The Labute approximate surface area is 208 Å². The standard InChI is InChI=1S/C32H31NO2/c1-31(2)22-32(3,24-18-20-25(35-4)21-19-24)28-16-10-11-17-29(28)33(31)30(34)27-15-9-8-14-26(27)23-12-6-5-7-13-23/h5-21H,22H2,1-4H3/t32-/m0/s1. The Morgan fingerprint density at radius 3 is 2.11 bits per heavy atom. The number of ether oxygens (including phenoxy) is 1. The molecular weight excluding hydrogens is 430 g/mol. The number of benzene rings is 4. The van der Waals surface area contributed by atoms with E-state index in [-0.39, 0.29) is 11.3 Å². The normalized spacial score (nSPS) is 18.6. The molecule has 0 spiro atoms. The molecule has 1 aliphatic heterocycles. The van der Waals surface area contributed by atoms with Crippen LogP contribution in [0.1, 0.15) is 48.7 Å². The quantitative estimate of drug-likeness (QED) is 0.315. The van der Waals surface area contributed by atoms with Crippen LogP contribution in [-0.2, 0) is 5.41 Å². The van der Waals surface area contributed by atoms with Crippen LogP contribution >= 0.6 is 0 Å². The first-order valence-electron chi connectivity index (χ1n) is 12.1. The van der Waals surface area contributed by atoms with E-state index in [1.54, 1.807) is 7.11 Å². The summed E-state index contributed by atoms with van der Waals surface area (Å²) in [6, 6.07) is 34.7. The van der Waals surface area contributed by atoms with Crippen molar-refractivity contribution in [1.82, 2.24) is 0 Å². The topological polar surface area (TPSA) is 29.5 Å². The molecule has 0 N–H and O–H groups in total. The molecule has 0 saturated heterocycles. The van der Waals surface area contributed by atoms with Gasteiger partial charge in [-0.3, -0.25) is 4.79 Å². The first-order chi connectivity index (χ1) is 16.8. The molecule has 0 radical (unpaired) electrons. The van der Waals surface area contributed by atoms with Crippen molar-refractivity contribution in [3.8, 4) is 16.9 Å². The highest BCUT2D eigenvalue weighted by Gasteiger charge is 2.48. The number of hydrogen-bond donors (Lipinski definition) is 0. The molecule has 1 amide bonds. The third-order valence-corrected chi connectivity index (χ3v) is 7.30. The molecule has 176 valence electrons. The van der Waals surface area contributed by atoms with Gasteiger partial charge in [0.05, 0.1) is 7.11 Å². The number of anilines is 1. The summed E-state index contributed by atoms with van der Waals surface area (Å²) < 4.78 is 5.39. The molecule has 3 heteroatoms. The fraction of sp³-hybridized carbons (Fsp3) is 0.219. The maximum Gasteiger partial charge on any atom is 0.259 e. The van der Waals surface area contributed by atoms with Crippen molar-refractivity contribution in [3.63, 3.8) is 0 Å². The number of fused-ring (bicyclic) bond motifs is 1. The van der Waals surface area contributed by atoms with Gasteiger partial charge in [0.15, 0.2) is 0 Å². The third kappa shape index (κ3) is 3.91. The van der Waals surface area contributed by atoms with Crippen LogP contribution in [0.3, 0.4) is 0 Å². The minimum absolute atomic E-state index is 0.0266. The Morgan fingerprint density at radius 1 is 0.771 bits per heavy atom. The third-order valence-electron chi connectivity index (χ3n) is 7.30. The molecule has 0 aliphatic carbocycles. The number of amides is 1. The maximum absolute atomic E-state index is 14.3. The summed E-state index contributed by atoms with van der Waals surface area (Å²) in [5.74, 6) is 0.869. The lowest BCUT2D eigenvalue weighted by atomic mass is 9.65. The van der Waals surface area contributed by atoms with Crippen molar-refractivity contribution in [2.75, 3.05) is 12.0 Å². The fourth-order valence-corrected chi connectivity index (χ4v) is 5.76. The van der Waals surface area contributed by atoms with Crippen LogP contribution in [-0.4, -0.2) is 18.6 Å². The van der Waals surface area contributed by atoms with Crippen molar-refractivity contribution in [2.24, 2.45) is 0 Å². The van der Waals surface area contributed by atoms with Gasteiger partial charge in [0.1, 0.15) is 5.75 Å². The minimum atomic E-state index is -0.413. The van der Waals surface area contributed by atoms with Gasteiger partial charge in [0.25, 0.3) is 5.91 Å². The number of nitrogens with zero attached hydrogens (tertiary/aromatic N) is 1. The van der Waals surface area contributed by atoms with Crippen LogP contribution in [0, 0.1) is 0 Å². The number of rotatable bonds is 4. The van der Waals surface area contributed by atoms with E-state index in [4.69, 9.17) is 4.74 Å². The van der Waals surface area contributed by atoms with Crippen LogP contribution < -0.4 is 9.64 Å². The first kappa shape index (κ1) is 22.9. The number of para-hydroxylation sites is 1. The van der Waals surface area contributed by atoms with Gasteiger partial charge in [-0.25, -0.2) is 0 Å². The number of methoxy groups -OCH3 is 1. The average molecular weight is 462 g/mol. The van der Waals surface area contributed by atoms with E-state index in [0.29, 0.717) is 0 Å². The van der Waals surface area contributed by atoms with Crippen LogP contribution in [0.5, 0.6) is 5.75 Å². The van der Waals surface area contributed by atoms with Gasteiger partial charge in [-0.15, -0.1) is 0 Å². The second-order valence-electron chi connectivity index (χ2n) is 10.1. The highest BCUT2D eigenvalue weighted by atomic mass is 16.5. The highest BCUT2D eigenvalue weighted by Crippen LogP contribution is 2.51. The van der Waals surface area contributed by atoms with Crippen LogP contribution in [0.2, 0.25) is 0 Å². The predicted octanol–water partition coefficient (Wildman–Crippen LogP) is 7.50. The molecule has 5 rings (SSSR count). The summed E-state index contributed by atoms with van der Waals surface area (Å²) in [5, 5.41) is 0. The van der Waals surface area contributed by atoms with Gasteiger partial charge < -0.3 is 9.64 Å². The molecule has 1 aliphatic rings. The average Bonchev–Trinajstić information content (AvgIpc) is 2.88. The summed E-state index contributed by atoms with van der Waals surface area (Å²) in [6.45, 7) is 6.64. The Kier molecular flexibility index (Phi) is 5.72. The van der Waals surface area contributed by atoms with E-state index in [0.717, 1.165) is 40.1 Å². The van der Waals surface area contributed by atoms with Crippen molar-refractivity contribution in [3.05, 3.63) is 120 Å². The largest absolute Gasteiger partial charge is 0.497 e. The number of carbonyl (C=O) groups excluding carboxylic acids is 1. The van der Waals surface area contributed by atoms with Crippen LogP contribution in [0.15, 0.2) is 103 Å². The molecule has 0 unspecified atom stereocenters. The molecule has 1 atom stereocenters. The summed E-state index contributed by atoms with van der Waals surface area (Å²) in [6.07, 6.45) is 0.794. The SMILES string of the molecule is COc1ccc([C@]2(C)CC(C)(C)N(C(=O)c3ccccc3-c3ccccc3)c3ccccc32)cc1. The van der Waals surface area contributed by atoms with Crippen LogP contribution in [0.25, 0.3) is 11.1 Å². The maximum atomic E-state index is 14.3. The lowest BCUT2D eigenvalue weighted by Gasteiger charge is -2.51. The van der Waals surface area contributed by atoms with E-state index in [2.05, 4.69) is 63.2 Å². The summed E-state index contributed by atoms with van der Waals surface area (Å²) in [5.41, 5.74) is 5.40. The monoisotopic (exact) mass is 461 g/mol. The van der Waals surface area contributed by atoms with Crippen molar-refractivity contribution in [2.45, 2.75) is 38.1 Å². The Morgan fingerprint density at radius 2 is 1.40 bits per heavy atom. The summed E-state index contributed by atoms with van der Waals surface area (Å²) in [7, 11) is 1.69. The molecule has 35 heavy (non-hydrogen) atoms. The zero-order chi connectivity index (χ0) is 24.6. The molecular formula is C32H31NO2. The van der Waals surface area contributed by atoms with Gasteiger partial charge in [0.2, 0.25) is 0 Å². The fourth-order valence-electron chi connectivity index (χ4n) is 5.76. The Bertz CT molecular complexity index is 1360. The molecule has 4 aromatic carbocycles. The second kappa shape index (κ2) is 8.74. The van der Waals surface area contributed by atoms with E-state index < -0.39 is 5.54 Å². The molecule has 0 saturated carbocycles. The van der Waals surface area contributed by atoms with Gasteiger partial charge in [-0.1, -0.05) is 85.8 Å². The Hall–Kier alpha value is -3.85. The zero-order valence-corrected chi connectivity index (χ0v) is 20.8. The van der Waals surface area contributed by atoms with E-state index >= 15 is 0 Å². The van der Waals surface area contributed by atoms with Crippen molar-refractivity contribution in [1.29, 1.82) is 0 Å². The minimum Gasteiger partial charge on any atom is -0.497 e. The molecule has 0 aromatic heterocycles. The molecule has 3 nitrogen and oxygen atoms in total. The molecule has 0 fully saturated rings. The van der Waals surface area contributed by atoms with E-state index in [1.807, 2.05) is 65.6 Å².